The number of pyridine rings is 6. The summed E-state index contributed by atoms with van der Waals surface area (Å²) in [6.45, 7) is 0. The van der Waals surface area contributed by atoms with Gasteiger partial charge in [0.15, 0.2) is 12.4 Å². The molecule has 0 aliphatic carbocycles. The Balaban J connectivity index is 1.48. The van der Waals surface area contributed by atoms with Crippen LogP contribution in [0.4, 0.5) is 0 Å². The second kappa shape index (κ2) is 13.0. The molecule has 0 unspecified atom stereocenters. The molecule has 0 spiro atoms. The maximum absolute atomic E-state index is 4.82. The van der Waals surface area contributed by atoms with Crippen LogP contribution in [0.25, 0.3) is 73.1 Å². The second-order valence-corrected chi connectivity index (χ2v) is 11.2. The van der Waals surface area contributed by atoms with E-state index in [9.17, 15) is 0 Å². The molecule has 6 nitrogen and oxygen atoms in total. The zero-order valence-electron chi connectivity index (χ0n) is 25.9. The SMILES string of the molecule is c1cc[n+](-c2cc(-c3cc(-c4ccccn4)c(-c4ccccn4)c(-c4ccccn4)c3)cc(-c3ccccn3)c2-c2ccccn2)cc1. The number of nitrogens with zero attached hydrogens (tertiary/aromatic N) is 6. The van der Waals surface area contributed by atoms with Crippen LogP contribution < -0.4 is 4.57 Å². The van der Waals surface area contributed by atoms with Gasteiger partial charge in [-0.25, -0.2) is 0 Å². The van der Waals surface area contributed by atoms with E-state index < -0.39 is 0 Å². The van der Waals surface area contributed by atoms with Crippen LogP contribution in [-0.4, -0.2) is 24.9 Å². The van der Waals surface area contributed by atoms with Crippen molar-refractivity contribution in [3.05, 3.63) is 177 Å². The van der Waals surface area contributed by atoms with Gasteiger partial charge in [-0.1, -0.05) is 36.4 Å². The van der Waals surface area contributed by atoms with Gasteiger partial charge in [-0.05, 0) is 90.0 Å². The zero-order valence-corrected chi connectivity index (χ0v) is 25.9. The number of rotatable bonds is 7. The first-order chi connectivity index (χ1) is 23.8. The van der Waals surface area contributed by atoms with E-state index in [4.69, 9.17) is 24.9 Å². The second-order valence-electron chi connectivity index (χ2n) is 11.2. The van der Waals surface area contributed by atoms with Crippen LogP contribution in [0.2, 0.25) is 0 Å². The van der Waals surface area contributed by atoms with Crippen molar-refractivity contribution in [1.29, 1.82) is 0 Å². The Labute approximate surface area is 278 Å². The normalized spacial score (nSPS) is 10.9. The molecule has 6 heteroatoms. The lowest BCUT2D eigenvalue weighted by atomic mass is 9.87. The monoisotopic (exact) mass is 617 g/mol. The molecule has 226 valence electrons. The first kappa shape index (κ1) is 28.8. The lowest BCUT2D eigenvalue weighted by molar-refractivity contribution is -0.595. The molecule has 0 bridgehead atoms. The Bertz CT molecular complexity index is 2010. The van der Waals surface area contributed by atoms with Gasteiger partial charge in [0.2, 0.25) is 5.69 Å². The van der Waals surface area contributed by atoms with Crippen molar-refractivity contribution in [2.75, 3.05) is 0 Å². The van der Waals surface area contributed by atoms with Crippen LogP contribution in [0.5, 0.6) is 0 Å². The van der Waals surface area contributed by atoms with Gasteiger partial charge in [-0.2, -0.15) is 4.57 Å². The first-order valence-corrected chi connectivity index (χ1v) is 15.7. The molecule has 8 rings (SSSR count). The fourth-order valence-electron chi connectivity index (χ4n) is 6.10. The zero-order chi connectivity index (χ0) is 32.1. The van der Waals surface area contributed by atoms with Gasteiger partial charge in [0.05, 0.1) is 34.0 Å². The lowest BCUT2D eigenvalue weighted by Gasteiger charge is -2.19. The largest absolute Gasteiger partial charge is 0.256 e. The molecular formula is C42H29N6+. The Morgan fingerprint density at radius 1 is 0.333 bits per heavy atom. The highest BCUT2D eigenvalue weighted by molar-refractivity contribution is 5.97. The smallest absolute Gasteiger partial charge is 0.221 e. The van der Waals surface area contributed by atoms with Crippen LogP contribution in [0.3, 0.4) is 0 Å². The van der Waals surface area contributed by atoms with Gasteiger partial charge in [0.1, 0.15) is 0 Å². The van der Waals surface area contributed by atoms with Crippen LogP contribution >= 0.6 is 0 Å². The van der Waals surface area contributed by atoms with Gasteiger partial charge >= 0.3 is 0 Å². The summed E-state index contributed by atoms with van der Waals surface area (Å²) in [4.78, 5) is 24.1. The Morgan fingerprint density at radius 2 is 0.708 bits per heavy atom. The highest BCUT2D eigenvalue weighted by atomic mass is 14.9. The molecular weight excluding hydrogens is 589 g/mol. The van der Waals surface area contributed by atoms with Crippen LogP contribution in [-0.2, 0) is 0 Å². The minimum atomic E-state index is 0.852. The molecule has 0 aliphatic heterocycles. The number of hydrogen-bond acceptors (Lipinski definition) is 5. The van der Waals surface area contributed by atoms with Crippen molar-refractivity contribution in [2.45, 2.75) is 0 Å². The standard InChI is InChI=1S/C42H29N6/c1-12-24-48(25-13-1)40-29-31(28-34(37-16-4-9-21-45-37)42(40)39-18-6-11-23-47-39)30-26-32(35-14-2-7-19-43-35)41(38-17-5-10-22-46-38)33(27-30)36-15-3-8-20-44-36/h1-29H/q+1. The maximum atomic E-state index is 4.82. The van der Waals surface area contributed by atoms with Crippen LogP contribution in [0.1, 0.15) is 0 Å². The van der Waals surface area contributed by atoms with Gasteiger partial charge in [0, 0.05) is 71.4 Å². The minimum absolute atomic E-state index is 0.852. The third kappa shape index (κ3) is 5.63. The predicted molar refractivity (Wildman–Crippen MR) is 190 cm³/mol. The molecule has 0 atom stereocenters. The van der Waals surface area contributed by atoms with E-state index in [0.717, 1.165) is 73.1 Å². The van der Waals surface area contributed by atoms with Crippen molar-refractivity contribution in [3.63, 3.8) is 0 Å². The highest BCUT2D eigenvalue weighted by Crippen LogP contribution is 2.44. The van der Waals surface area contributed by atoms with Crippen molar-refractivity contribution in [1.82, 2.24) is 24.9 Å². The molecule has 2 aromatic carbocycles. The van der Waals surface area contributed by atoms with E-state index in [2.05, 4.69) is 47.3 Å². The summed E-state index contributed by atoms with van der Waals surface area (Å²) in [5.41, 5.74) is 12.2. The fraction of sp³-hybridized carbons (Fsp3) is 0. The van der Waals surface area contributed by atoms with E-state index in [-0.39, 0.29) is 0 Å². The average molecular weight is 618 g/mol. The first-order valence-electron chi connectivity index (χ1n) is 15.7. The van der Waals surface area contributed by atoms with Gasteiger partial charge in [0.25, 0.3) is 0 Å². The third-order valence-corrected chi connectivity index (χ3v) is 8.25. The van der Waals surface area contributed by atoms with Crippen LogP contribution in [0.15, 0.2) is 177 Å². The summed E-state index contributed by atoms with van der Waals surface area (Å²) in [6, 6.07) is 45.0. The quantitative estimate of drug-likeness (QED) is 0.167. The van der Waals surface area contributed by atoms with Gasteiger partial charge < -0.3 is 0 Å². The van der Waals surface area contributed by atoms with E-state index in [0.29, 0.717) is 0 Å². The molecule has 0 radical (unpaired) electrons. The van der Waals surface area contributed by atoms with E-state index >= 15 is 0 Å². The molecule has 6 heterocycles. The van der Waals surface area contributed by atoms with Gasteiger partial charge in [-0.15, -0.1) is 0 Å². The number of benzene rings is 2. The van der Waals surface area contributed by atoms with E-state index in [1.54, 1.807) is 0 Å². The van der Waals surface area contributed by atoms with Crippen molar-refractivity contribution in [2.24, 2.45) is 0 Å². The molecule has 6 aromatic heterocycles. The van der Waals surface area contributed by atoms with Crippen molar-refractivity contribution in [3.8, 4) is 73.1 Å². The third-order valence-electron chi connectivity index (χ3n) is 8.25. The summed E-state index contributed by atoms with van der Waals surface area (Å²) >= 11 is 0. The van der Waals surface area contributed by atoms with E-state index in [1.807, 2.05) is 134 Å². The Hall–Kier alpha value is -6.66. The van der Waals surface area contributed by atoms with Crippen molar-refractivity contribution < 1.29 is 4.57 Å². The predicted octanol–water partition coefficient (Wildman–Crippen LogP) is 8.94. The summed E-state index contributed by atoms with van der Waals surface area (Å²) < 4.78 is 2.14. The highest BCUT2D eigenvalue weighted by Gasteiger charge is 2.25. The summed E-state index contributed by atoms with van der Waals surface area (Å²) in [5.74, 6) is 0. The van der Waals surface area contributed by atoms with E-state index in [1.165, 1.54) is 0 Å². The Morgan fingerprint density at radius 3 is 1.12 bits per heavy atom. The molecule has 0 saturated heterocycles. The lowest BCUT2D eigenvalue weighted by Crippen LogP contribution is -2.30. The average Bonchev–Trinajstić information content (AvgIpc) is 3.19. The maximum Gasteiger partial charge on any atom is 0.221 e. The number of hydrogen-bond donors (Lipinski definition) is 0. The molecule has 0 fully saturated rings. The summed E-state index contributed by atoms with van der Waals surface area (Å²) in [5, 5.41) is 0. The van der Waals surface area contributed by atoms with Crippen molar-refractivity contribution >= 4 is 0 Å². The fourth-order valence-corrected chi connectivity index (χ4v) is 6.10. The molecule has 0 aliphatic rings. The molecule has 0 saturated carbocycles. The molecule has 0 amide bonds. The van der Waals surface area contributed by atoms with Gasteiger partial charge in [-0.3, -0.25) is 24.9 Å². The molecule has 0 N–H and O–H groups in total. The molecule has 8 aromatic rings. The topological polar surface area (TPSA) is 68.3 Å². The number of aromatic nitrogens is 6. The summed E-state index contributed by atoms with van der Waals surface area (Å²) in [7, 11) is 0. The minimum Gasteiger partial charge on any atom is -0.256 e. The summed E-state index contributed by atoms with van der Waals surface area (Å²) in [6.07, 6.45) is 13.3. The Kier molecular flexibility index (Phi) is 7.79. The molecule has 48 heavy (non-hydrogen) atoms. The van der Waals surface area contributed by atoms with Crippen LogP contribution in [0, 0.1) is 0 Å².